The topological polar surface area (TPSA) is 38.3 Å². The SMILES string of the molecule is Cc1ccc(C(NC(=O)C2COc3ccccc3C2)C(F)(F)F)cc1. The van der Waals surface area contributed by atoms with E-state index < -0.39 is 24.0 Å². The molecule has 2 aromatic rings. The Bertz CT molecular complexity index is 756. The highest BCUT2D eigenvalue weighted by Gasteiger charge is 2.43. The van der Waals surface area contributed by atoms with Crippen molar-refractivity contribution in [2.24, 2.45) is 5.92 Å². The van der Waals surface area contributed by atoms with Crippen LogP contribution in [0, 0.1) is 12.8 Å². The number of carbonyl (C=O) groups is 1. The number of nitrogens with one attached hydrogen (secondary N) is 1. The number of aryl methyl sites for hydroxylation is 1. The Balaban J connectivity index is 1.76. The quantitative estimate of drug-likeness (QED) is 0.911. The number of para-hydroxylation sites is 1. The van der Waals surface area contributed by atoms with Crippen LogP contribution in [0.3, 0.4) is 0 Å². The lowest BCUT2D eigenvalue weighted by atomic mass is 9.95. The first-order valence-corrected chi connectivity index (χ1v) is 7.99. The molecular formula is C19H18F3NO2. The van der Waals surface area contributed by atoms with Gasteiger partial charge in [0.2, 0.25) is 5.91 Å². The summed E-state index contributed by atoms with van der Waals surface area (Å²) in [6.45, 7) is 1.86. The van der Waals surface area contributed by atoms with E-state index in [1.807, 2.05) is 18.2 Å². The molecule has 0 aliphatic carbocycles. The predicted molar refractivity (Wildman–Crippen MR) is 87.2 cm³/mol. The first kappa shape index (κ1) is 17.3. The molecule has 0 aromatic heterocycles. The Morgan fingerprint density at radius 3 is 2.52 bits per heavy atom. The second-order valence-corrected chi connectivity index (χ2v) is 6.21. The van der Waals surface area contributed by atoms with E-state index in [4.69, 9.17) is 4.74 Å². The first-order chi connectivity index (χ1) is 11.8. The van der Waals surface area contributed by atoms with E-state index in [1.54, 1.807) is 25.1 Å². The van der Waals surface area contributed by atoms with Gasteiger partial charge in [-0.15, -0.1) is 0 Å². The molecule has 0 fully saturated rings. The molecule has 0 bridgehead atoms. The maximum absolute atomic E-state index is 13.4. The number of alkyl halides is 3. The monoisotopic (exact) mass is 349 g/mol. The molecular weight excluding hydrogens is 331 g/mol. The molecule has 0 radical (unpaired) electrons. The van der Waals surface area contributed by atoms with E-state index in [9.17, 15) is 18.0 Å². The van der Waals surface area contributed by atoms with Gasteiger partial charge in [-0.3, -0.25) is 4.79 Å². The Hall–Kier alpha value is -2.50. The van der Waals surface area contributed by atoms with Crippen molar-refractivity contribution in [1.82, 2.24) is 5.32 Å². The molecule has 1 aliphatic heterocycles. The van der Waals surface area contributed by atoms with Crippen molar-refractivity contribution in [3.8, 4) is 5.75 Å². The Morgan fingerprint density at radius 1 is 1.16 bits per heavy atom. The Labute approximate surface area is 143 Å². The lowest BCUT2D eigenvalue weighted by Gasteiger charge is -2.28. The van der Waals surface area contributed by atoms with Gasteiger partial charge in [0.1, 0.15) is 12.4 Å². The van der Waals surface area contributed by atoms with E-state index in [-0.39, 0.29) is 12.2 Å². The van der Waals surface area contributed by atoms with Crippen LogP contribution in [-0.2, 0) is 11.2 Å². The van der Waals surface area contributed by atoms with Crippen molar-refractivity contribution in [2.45, 2.75) is 25.6 Å². The molecule has 2 unspecified atom stereocenters. The zero-order valence-electron chi connectivity index (χ0n) is 13.6. The summed E-state index contributed by atoms with van der Waals surface area (Å²) in [4.78, 5) is 12.4. The summed E-state index contributed by atoms with van der Waals surface area (Å²) in [7, 11) is 0. The molecule has 0 saturated heterocycles. The van der Waals surface area contributed by atoms with Crippen molar-refractivity contribution in [3.63, 3.8) is 0 Å². The molecule has 2 aromatic carbocycles. The number of ether oxygens (including phenoxy) is 1. The number of hydrogen-bond acceptors (Lipinski definition) is 2. The van der Waals surface area contributed by atoms with Crippen molar-refractivity contribution >= 4 is 5.91 Å². The largest absolute Gasteiger partial charge is 0.492 e. The zero-order valence-corrected chi connectivity index (χ0v) is 13.6. The van der Waals surface area contributed by atoms with Crippen LogP contribution < -0.4 is 10.1 Å². The Kier molecular flexibility index (Phi) is 4.70. The van der Waals surface area contributed by atoms with E-state index in [1.165, 1.54) is 12.1 Å². The third-order valence-corrected chi connectivity index (χ3v) is 4.27. The smallest absolute Gasteiger partial charge is 0.412 e. The molecule has 1 amide bonds. The summed E-state index contributed by atoms with van der Waals surface area (Å²) < 4.78 is 45.8. The molecule has 0 saturated carbocycles. The molecule has 3 rings (SSSR count). The minimum atomic E-state index is -4.57. The fraction of sp³-hybridized carbons (Fsp3) is 0.316. The molecule has 132 valence electrons. The minimum absolute atomic E-state index is 0.0172. The number of halogens is 3. The highest BCUT2D eigenvalue weighted by molar-refractivity contribution is 5.80. The summed E-state index contributed by atoms with van der Waals surface area (Å²) in [6.07, 6.45) is -4.21. The van der Waals surface area contributed by atoms with Crippen LogP contribution in [0.2, 0.25) is 0 Å². The van der Waals surface area contributed by atoms with Crippen molar-refractivity contribution in [2.75, 3.05) is 6.61 Å². The van der Waals surface area contributed by atoms with E-state index >= 15 is 0 Å². The van der Waals surface area contributed by atoms with Crippen molar-refractivity contribution in [1.29, 1.82) is 0 Å². The van der Waals surface area contributed by atoms with Crippen LogP contribution in [0.5, 0.6) is 5.75 Å². The second kappa shape index (κ2) is 6.78. The number of rotatable bonds is 3. The van der Waals surface area contributed by atoms with Crippen molar-refractivity contribution in [3.05, 3.63) is 65.2 Å². The number of hydrogen-bond donors (Lipinski definition) is 1. The highest BCUT2D eigenvalue weighted by Crippen LogP contribution is 2.34. The minimum Gasteiger partial charge on any atom is -0.492 e. The van der Waals surface area contributed by atoms with Gasteiger partial charge in [0.25, 0.3) is 0 Å². The van der Waals surface area contributed by atoms with Gasteiger partial charge in [-0.2, -0.15) is 13.2 Å². The third-order valence-electron chi connectivity index (χ3n) is 4.27. The molecule has 1 N–H and O–H groups in total. The van der Waals surface area contributed by atoms with Gasteiger partial charge < -0.3 is 10.1 Å². The molecule has 3 nitrogen and oxygen atoms in total. The van der Waals surface area contributed by atoms with Crippen molar-refractivity contribution < 1.29 is 22.7 Å². The lowest BCUT2D eigenvalue weighted by molar-refractivity contribution is -0.165. The normalized spacial score (nSPS) is 18.0. The average molecular weight is 349 g/mol. The molecule has 1 heterocycles. The van der Waals surface area contributed by atoms with E-state index in [2.05, 4.69) is 5.32 Å². The third kappa shape index (κ3) is 3.95. The zero-order chi connectivity index (χ0) is 18.0. The van der Waals surface area contributed by atoms with Gasteiger partial charge >= 0.3 is 6.18 Å². The highest BCUT2D eigenvalue weighted by atomic mass is 19.4. The average Bonchev–Trinajstić information content (AvgIpc) is 2.59. The molecule has 25 heavy (non-hydrogen) atoms. The number of carbonyl (C=O) groups excluding carboxylic acids is 1. The van der Waals surface area contributed by atoms with Crippen LogP contribution in [0.1, 0.15) is 22.7 Å². The summed E-state index contributed by atoms with van der Waals surface area (Å²) in [5.74, 6) is -0.625. The van der Waals surface area contributed by atoms with Crippen LogP contribution >= 0.6 is 0 Å². The number of fused-ring (bicyclic) bond motifs is 1. The van der Waals surface area contributed by atoms with Crippen LogP contribution in [0.4, 0.5) is 13.2 Å². The van der Waals surface area contributed by atoms with Crippen LogP contribution in [-0.4, -0.2) is 18.7 Å². The van der Waals surface area contributed by atoms with Gasteiger partial charge in [-0.25, -0.2) is 0 Å². The molecule has 1 aliphatic rings. The van der Waals surface area contributed by atoms with Gasteiger partial charge in [-0.05, 0) is 30.5 Å². The van der Waals surface area contributed by atoms with E-state index in [0.717, 1.165) is 11.1 Å². The standard InChI is InChI=1S/C19H18F3NO2/c1-12-6-8-13(9-7-12)17(19(20,21)22)23-18(24)15-10-14-4-2-3-5-16(14)25-11-15/h2-9,15,17H,10-11H2,1H3,(H,23,24). The van der Waals surface area contributed by atoms with Gasteiger partial charge in [0.15, 0.2) is 6.04 Å². The van der Waals surface area contributed by atoms with Gasteiger partial charge in [-0.1, -0.05) is 48.0 Å². The van der Waals surface area contributed by atoms with E-state index in [0.29, 0.717) is 12.2 Å². The van der Waals surface area contributed by atoms with Gasteiger partial charge in [0.05, 0.1) is 5.92 Å². The lowest BCUT2D eigenvalue weighted by Crippen LogP contribution is -2.43. The maximum atomic E-state index is 13.4. The fourth-order valence-electron chi connectivity index (χ4n) is 2.87. The summed E-state index contributed by atoms with van der Waals surface area (Å²) in [6, 6.07) is 11.2. The van der Waals surface area contributed by atoms with Gasteiger partial charge in [0, 0.05) is 0 Å². The second-order valence-electron chi connectivity index (χ2n) is 6.21. The molecule has 0 spiro atoms. The fourth-order valence-corrected chi connectivity index (χ4v) is 2.87. The predicted octanol–water partition coefficient (Wildman–Crippen LogP) is 3.97. The summed E-state index contributed by atoms with van der Waals surface area (Å²) in [5, 5.41) is 2.15. The summed E-state index contributed by atoms with van der Waals surface area (Å²) in [5.41, 5.74) is 1.70. The number of amides is 1. The Morgan fingerprint density at radius 2 is 1.84 bits per heavy atom. The molecule has 2 atom stereocenters. The van der Waals surface area contributed by atoms with Crippen LogP contribution in [0.15, 0.2) is 48.5 Å². The first-order valence-electron chi connectivity index (χ1n) is 7.99. The maximum Gasteiger partial charge on any atom is 0.412 e. The molecule has 6 heteroatoms. The summed E-state index contributed by atoms with van der Waals surface area (Å²) >= 11 is 0. The van der Waals surface area contributed by atoms with Crippen LogP contribution in [0.25, 0.3) is 0 Å². The number of benzene rings is 2.